The number of carbonyl (C=O) groups excluding carboxylic acids is 1. The van der Waals surface area contributed by atoms with E-state index in [0.29, 0.717) is 18.0 Å². The minimum Gasteiger partial charge on any atom is -0.350 e. The number of rotatable bonds is 4. The van der Waals surface area contributed by atoms with Crippen LogP contribution >= 0.6 is 22.6 Å². The average Bonchev–Trinajstić information content (AvgIpc) is 3.09. The summed E-state index contributed by atoms with van der Waals surface area (Å²) in [6.07, 6.45) is 2.42. The molecule has 1 fully saturated rings. The third-order valence-corrected chi connectivity index (χ3v) is 3.48. The quantitative estimate of drug-likeness (QED) is 0.827. The molecule has 1 aliphatic rings. The number of nitrogens with two attached hydrogens (primary N) is 1. The van der Waals surface area contributed by atoms with Gasteiger partial charge in [0.25, 0.3) is 5.91 Å². The average molecular weight is 330 g/mol. The fraction of sp³-hybridized carbons (Fsp3) is 0.417. The Morgan fingerprint density at radius 3 is 2.94 bits per heavy atom. The van der Waals surface area contributed by atoms with Gasteiger partial charge in [-0.15, -0.1) is 0 Å². The van der Waals surface area contributed by atoms with Gasteiger partial charge in [-0.05, 0) is 59.5 Å². The van der Waals surface area contributed by atoms with Crippen LogP contribution in [0.1, 0.15) is 23.2 Å². The fourth-order valence-corrected chi connectivity index (χ4v) is 2.18. The maximum Gasteiger partial charge on any atom is 0.251 e. The Morgan fingerprint density at radius 2 is 2.31 bits per heavy atom. The van der Waals surface area contributed by atoms with E-state index in [-0.39, 0.29) is 11.9 Å². The predicted octanol–water partition coefficient (Wildman–Crippen LogP) is 1.76. The molecule has 3 N–H and O–H groups in total. The molecule has 86 valence electrons. The minimum atomic E-state index is -0.0328. The normalized spacial score (nSPS) is 16.9. The van der Waals surface area contributed by atoms with E-state index in [2.05, 4.69) is 27.9 Å². The van der Waals surface area contributed by atoms with Crippen LogP contribution in [-0.2, 0) is 0 Å². The lowest BCUT2D eigenvalue weighted by Crippen LogP contribution is -2.38. The van der Waals surface area contributed by atoms with Gasteiger partial charge in [0.15, 0.2) is 0 Å². The van der Waals surface area contributed by atoms with E-state index in [1.165, 1.54) is 12.8 Å². The summed E-state index contributed by atoms with van der Waals surface area (Å²) in [5.74, 6) is 0.589. The van der Waals surface area contributed by atoms with Crippen molar-refractivity contribution in [3.63, 3.8) is 0 Å². The van der Waals surface area contributed by atoms with Crippen LogP contribution in [0.15, 0.2) is 24.3 Å². The van der Waals surface area contributed by atoms with Crippen molar-refractivity contribution in [1.82, 2.24) is 5.32 Å². The maximum absolute atomic E-state index is 11.8. The zero-order valence-corrected chi connectivity index (χ0v) is 11.1. The van der Waals surface area contributed by atoms with Gasteiger partial charge in [-0.3, -0.25) is 4.79 Å². The van der Waals surface area contributed by atoms with Gasteiger partial charge < -0.3 is 11.1 Å². The van der Waals surface area contributed by atoms with Crippen molar-refractivity contribution in [3.05, 3.63) is 33.4 Å². The molecular weight excluding hydrogens is 315 g/mol. The molecule has 0 aliphatic heterocycles. The van der Waals surface area contributed by atoms with E-state index in [0.717, 1.165) is 3.57 Å². The van der Waals surface area contributed by atoms with Gasteiger partial charge >= 0.3 is 0 Å². The molecule has 0 spiro atoms. The lowest BCUT2D eigenvalue weighted by atomic mass is 10.2. The number of hydrogen-bond donors (Lipinski definition) is 2. The smallest absolute Gasteiger partial charge is 0.251 e. The third-order valence-electron chi connectivity index (χ3n) is 2.81. The summed E-state index contributed by atoms with van der Waals surface area (Å²) in [6.45, 7) is 0.578. The Hall–Kier alpha value is -0.620. The van der Waals surface area contributed by atoms with Crippen LogP contribution in [0, 0.1) is 9.49 Å². The molecule has 1 atom stereocenters. The number of benzene rings is 1. The summed E-state index contributed by atoms with van der Waals surface area (Å²) in [5, 5.41) is 2.88. The Balaban J connectivity index is 1.87. The van der Waals surface area contributed by atoms with E-state index >= 15 is 0 Å². The van der Waals surface area contributed by atoms with Crippen molar-refractivity contribution in [2.75, 3.05) is 6.54 Å². The topological polar surface area (TPSA) is 55.1 Å². The first-order chi connectivity index (χ1) is 7.66. The Labute approximate surface area is 109 Å². The van der Waals surface area contributed by atoms with Crippen molar-refractivity contribution in [2.24, 2.45) is 11.7 Å². The van der Waals surface area contributed by atoms with E-state index in [1.54, 1.807) is 0 Å². The van der Waals surface area contributed by atoms with Crippen molar-refractivity contribution in [1.29, 1.82) is 0 Å². The number of nitrogens with one attached hydrogen (secondary N) is 1. The van der Waals surface area contributed by atoms with Crippen LogP contribution in [0.2, 0.25) is 0 Å². The number of halogens is 1. The highest BCUT2D eigenvalue weighted by molar-refractivity contribution is 14.1. The SMILES string of the molecule is NC(CNC(=O)c1cccc(I)c1)C1CC1. The first-order valence-corrected chi connectivity index (χ1v) is 6.54. The largest absolute Gasteiger partial charge is 0.350 e. The molecule has 3 nitrogen and oxygen atoms in total. The summed E-state index contributed by atoms with van der Waals surface area (Å²) in [6, 6.07) is 7.66. The second-order valence-electron chi connectivity index (χ2n) is 4.22. The molecule has 0 bridgehead atoms. The molecule has 0 radical (unpaired) electrons. The Kier molecular flexibility index (Phi) is 3.81. The lowest BCUT2D eigenvalue weighted by molar-refractivity contribution is 0.0950. The summed E-state index contributed by atoms with van der Waals surface area (Å²) in [5.41, 5.74) is 6.62. The van der Waals surface area contributed by atoms with Crippen molar-refractivity contribution < 1.29 is 4.79 Å². The monoisotopic (exact) mass is 330 g/mol. The number of carbonyl (C=O) groups is 1. The molecule has 1 amide bonds. The summed E-state index contributed by atoms with van der Waals surface area (Å²) in [7, 11) is 0. The van der Waals surface area contributed by atoms with Crippen LogP contribution in [-0.4, -0.2) is 18.5 Å². The van der Waals surface area contributed by atoms with Crippen molar-refractivity contribution in [2.45, 2.75) is 18.9 Å². The van der Waals surface area contributed by atoms with Gasteiger partial charge in [0.05, 0.1) is 0 Å². The second-order valence-corrected chi connectivity index (χ2v) is 5.47. The highest BCUT2D eigenvalue weighted by Crippen LogP contribution is 2.31. The zero-order chi connectivity index (χ0) is 11.5. The fourth-order valence-electron chi connectivity index (χ4n) is 1.63. The van der Waals surface area contributed by atoms with Crippen LogP contribution in [0.4, 0.5) is 0 Å². The molecule has 1 unspecified atom stereocenters. The van der Waals surface area contributed by atoms with Crippen LogP contribution in [0.5, 0.6) is 0 Å². The van der Waals surface area contributed by atoms with E-state index in [1.807, 2.05) is 24.3 Å². The summed E-state index contributed by atoms with van der Waals surface area (Å²) < 4.78 is 1.07. The molecule has 4 heteroatoms. The molecule has 0 saturated heterocycles. The molecule has 1 aromatic rings. The zero-order valence-electron chi connectivity index (χ0n) is 8.95. The molecule has 0 aromatic heterocycles. The first kappa shape index (κ1) is 11.9. The predicted molar refractivity (Wildman–Crippen MR) is 72.2 cm³/mol. The molecule has 1 aromatic carbocycles. The van der Waals surface area contributed by atoms with Gasteiger partial charge in [0.2, 0.25) is 0 Å². The molecule has 1 aliphatic carbocycles. The van der Waals surface area contributed by atoms with Crippen LogP contribution in [0.25, 0.3) is 0 Å². The van der Waals surface area contributed by atoms with Gasteiger partial charge in [-0.2, -0.15) is 0 Å². The van der Waals surface area contributed by atoms with Gasteiger partial charge in [0, 0.05) is 21.7 Å². The maximum atomic E-state index is 11.8. The first-order valence-electron chi connectivity index (χ1n) is 5.46. The van der Waals surface area contributed by atoms with E-state index in [9.17, 15) is 4.79 Å². The molecular formula is C12H15IN2O. The van der Waals surface area contributed by atoms with Crippen molar-refractivity contribution >= 4 is 28.5 Å². The van der Waals surface area contributed by atoms with Gasteiger partial charge in [0.1, 0.15) is 0 Å². The van der Waals surface area contributed by atoms with Crippen molar-refractivity contribution in [3.8, 4) is 0 Å². The lowest BCUT2D eigenvalue weighted by Gasteiger charge is -2.11. The Morgan fingerprint density at radius 1 is 1.56 bits per heavy atom. The number of amides is 1. The van der Waals surface area contributed by atoms with Gasteiger partial charge in [-0.1, -0.05) is 6.07 Å². The second kappa shape index (κ2) is 5.14. The minimum absolute atomic E-state index is 0.0328. The van der Waals surface area contributed by atoms with E-state index < -0.39 is 0 Å². The van der Waals surface area contributed by atoms with Crippen LogP contribution in [0.3, 0.4) is 0 Å². The number of hydrogen-bond acceptors (Lipinski definition) is 2. The highest BCUT2D eigenvalue weighted by Gasteiger charge is 2.28. The van der Waals surface area contributed by atoms with Crippen LogP contribution < -0.4 is 11.1 Å². The Bertz CT molecular complexity index is 390. The van der Waals surface area contributed by atoms with E-state index in [4.69, 9.17) is 5.73 Å². The molecule has 1 saturated carbocycles. The molecule has 16 heavy (non-hydrogen) atoms. The molecule has 2 rings (SSSR count). The summed E-state index contributed by atoms with van der Waals surface area (Å²) >= 11 is 2.20. The standard InChI is InChI=1S/C12H15IN2O/c13-10-3-1-2-9(6-10)12(16)15-7-11(14)8-4-5-8/h1-3,6,8,11H,4-5,7,14H2,(H,15,16). The summed E-state index contributed by atoms with van der Waals surface area (Å²) in [4.78, 5) is 11.8. The highest BCUT2D eigenvalue weighted by atomic mass is 127. The third kappa shape index (κ3) is 3.18. The molecule has 0 heterocycles. The van der Waals surface area contributed by atoms with Gasteiger partial charge in [-0.25, -0.2) is 0 Å².